The Bertz CT molecular complexity index is 476. The molecule has 2 N–H and O–H groups in total. The lowest BCUT2D eigenvalue weighted by molar-refractivity contribution is -0.162. The molecule has 0 radical (unpaired) electrons. The number of hydrogen-bond acceptors (Lipinski definition) is 3. The molecule has 1 unspecified atom stereocenters. The van der Waals surface area contributed by atoms with E-state index >= 15 is 0 Å². The fraction of sp³-hybridized carbons (Fsp3) is 0.562. The predicted octanol–water partition coefficient (Wildman–Crippen LogP) is 2.91. The van der Waals surface area contributed by atoms with E-state index in [-0.39, 0.29) is 5.97 Å². The van der Waals surface area contributed by atoms with Crippen molar-refractivity contribution in [3.05, 3.63) is 35.4 Å². The molecule has 0 saturated heterocycles. The number of esters is 1. The molecule has 0 heterocycles. The minimum absolute atomic E-state index is 0.311. The minimum atomic E-state index is -1.000. The van der Waals surface area contributed by atoms with Gasteiger partial charge in [-0.3, -0.25) is 0 Å². The van der Waals surface area contributed by atoms with Gasteiger partial charge in [0.05, 0.1) is 0 Å². The SMILES string of the molecule is CC(C)(C)OC(=O)C1(N)CCCCc2ccccc21. The Hall–Kier alpha value is -1.35. The summed E-state index contributed by atoms with van der Waals surface area (Å²) in [5, 5.41) is 0. The number of ether oxygens (including phenoxy) is 1. The van der Waals surface area contributed by atoms with Gasteiger partial charge in [0.25, 0.3) is 0 Å². The molecule has 1 aromatic carbocycles. The van der Waals surface area contributed by atoms with E-state index in [1.54, 1.807) is 0 Å². The number of hydrogen-bond donors (Lipinski definition) is 1. The van der Waals surface area contributed by atoms with E-state index < -0.39 is 11.1 Å². The van der Waals surface area contributed by atoms with Gasteiger partial charge in [-0.2, -0.15) is 0 Å². The van der Waals surface area contributed by atoms with Crippen molar-refractivity contribution < 1.29 is 9.53 Å². The van der Waals surface area contributed by atoms with Crippen LogP contribution in [0, 0.1) is 0 Å². The van der Waals surface area contributed by atoms with E-state index in [0.29, 0.717) is 6.42 Å². The zero-order valence-corrected chi connectivity index (χ0v) is 12.0. The molecule has 3 heteroatoms. The van der Waals surface area contributed by atoms with Crippen molar-refractivity contribution in [1.82, 2.24) is 0 Å². The predicted molar refractivity (Wildman–Crippen MR) is 75.7 cm³/mol. The van der Waals surface area contributed by atoms with E-state index in [1.807, 2.05) is 39.0 Å². The Balaban J connectivity index is 2.39. The lowest BCUT2D eigenvalue weighted by Gasteiger charge is -2.31. The lowest BCUT2D eigenvalue weighted by Crippen LogP contribution is -2.48. The molecule has 0 aromatic heterocycles. The second-order valence-electron chi connectivity index (χ2n) is 6.34. The zero-order chi connectivity index (χ0) is 14.1. The molecule has 0 bridgehead atoms. The summed E-state index contributed by atoms with van der Waals surface area (Å²) in [7, 11) is 0. The van der Waals surface area contributed by atoms with Gasteiger partial charge in [-0.15, -0.1) is 0 Å². The molecule has 0 saturated carbocycles. The summed E-state index contributed by atoms with van der Waals surface area (Å²) in [6.45, 7) is 5.62. The third kappa shape index (κ3) is 2.98. The fourth-order valence-corrected chi connectivity index (χ4v) is 2.61. The molecule has 2 rings (SSSR count). The third-order valence-corrected chi connectivity index (χ3v) is 3.53. The summed E-state index contributed by atoms with van der Waals surface area (Å²) < 4.78 is 5.53. The average Bonchev–Trinajstić information content (AvgIpc) is 2.48. The van der Waals surface area contributed by atoms with Crippen LogP contribution >= 0.6 is 0 Å². The van der Waals surface area contributed by atoms with Gasteiger partial charge >= 0.3 is 5.97 Å². The number of rotatable bonds is 1. The quantitative estimate of drug-likeness (QED) is 0.624. The Morgan fingerprint density at radius 2 is 1.95 bits per heavy atom. The van der Waals surface area contributed by atoms with Gasteiger partial charge in [0.2, 0.25) is 0 Å². The molecule has 1 atom stereocenters. The molecular weight excluding hydrogens is 238 g/mol. The summed E-state index contributed by atoms with van der Waals surface area (Å²) in [5.74, 6) is -0.311. The second kappa shape index (κ2) is 4.97. The summed E-state index contributed by atoms with van der Waals surface area (Å²) in [6.07, 6.45) is 3.65. The monoisotopic (exact) mass is 261 g/mol. The highest BCUT2D eigenvalue weighted by atomic mass is 16.6. The highest BCUT2D eigenvalue weighted by molar-refractivity contribution is 5.83. The van der Waals surface area contributed by atoms with Crippen LogP contribution in [0.25, 0.3) is 0 Å². The summed E-state index contributed by atoms with van der Waals surface area (Å²) in [6, 6.07) is 7.97. The lowest BCUT2D eigenvalue weighted by atomic mass is 9.85. The van der Waals surface area contributed by atoms with Gasteiger partial charge in [0.1, 0.15) is 11.1 Å². The van der Waals surface area contributed by atoms with E-state index in [9.17, 15) is 4.79 Å². The molecule has 0 fully saturated rings. The van der Waals surface area contributed by atoms with Gasteiger partial charge < -0.3 is 10.5 Å². The maximum atomic E-state index is 12.5. The summed E-state index contributed by atoms with van der Waals surface area (Å²) in [4.78, 5) is 12.5. The maximum absolute atomic E-state index is 12.5. The van der Waals surface area contributed by atoms with Gasteiger partial charge in [0.15, 0.2) is 0 Å². The first-order valence-corrected chi connectivity index (χ1v) is 6.94. The van der Waals surface area contributed by atoms with E-state index in [4.69, 9.17) is 10.5 Å². The first-order chi connectivity index (χ1) is 8.83. The van der Waals surface area contributed by atoms with Crippen molar-refractivity contribution in [1.29, 1.82) is 0 Å². The Morgan fingerprint density at radius 1 is 1.26 bits per heavy atom. The van der Waals surface area contributed by atoms with Gasteiger partial charge in [-0.25, -0.2) is 4.79 Å². The minimum Gasteiger partial charge on any atom is -0.458 e. The van der Waals surface area contributed by atoms with Crippen LogP contribution in [-0.4, -0.2) is 11.6 Å². The molecule has 0 spiro atoms. The number of benzene rings is 1. The number of fused-ring (bicyclic) bond motifs is 1. The second-order valence-corrected chi connectivity index (χ2v) is 6.34. The first-order valence-electron chi connectivity index (χ1n) is 6.94. The van der Waals surface area contributed by atoms with Crippen molar-refractivity contribution in [2.75, 3.05) is 0 Å². The van der Waals surface area contributed by atoms with E-state index in [2.05, 4.69) is 6.07 Å². The summed E-state index contributed by atoms with van der Waals surface area (Å²) in [5.41, 5.74) is 7.04. The number of carbonyl (C=O) groups excluding carboxylic acids is 1. The van der Waals surface area contributed by atoms with Gasteiger partial charge in [-0.05, 0) is 51.2 Å². The van der Waals surface area contributed by atoms with Crippen molar-refractivity contribution in [2.45, 2.75) is 57.6 Å². The molecule has 1 aromatic rings. The molecule has 19 heavy (non-hydrogen) atoms. The van der Waals surface area contributed by atoms with Crippen LogP contribution in [0.4, 0.5) is 0 Å². The largest absolute Gasteiger partial charge is 0.458 e. The van der Waals surface area contributed by atoms with Gasteiger partial charge in [-0.1, -0.05) is 30.7 Å². The molecule has 104 valence electrons. The number of carbonyl (C=O) groups is 1. The molecule has 3 nitrogen and oxygen atoms in total. The highest BCUT2D eigenvalue weighted by Crippen LogP contribution is 2.34. The molecule has 1 aliphatic carbocycles. The van der Waals surface area contributed by atoms with Gasteiger partial charge in [0, 0.05) is 0 Å². The molecule has 0 aliphatic heterocycles. The van der Waals surface area contributed by atoms with Crippen LogP contribution in [0.15, 0.2) is 24.3 Å². The molecule has 0 amide bonds. The Morgan fingerprint density at radius 3 is 2.63 bits per heavy atom. The van der Waals surface area contributed by atoms with Crippen LogP contribution in [-0.2, 0) is 21.5 Å². The van der Waals surface area contributed by atoms with Crippen LogP contribution in [0.1, 0.15) is 51.2 Å². The molecular formula is C16H23NO2. The Labute approximate surface area is 115 Å². The van der Waals surface area contributed by atoms with Crippen molar-refractivity contribution in [2.24, 2.45) is 5.73 Å². The van der Waals surface area contributed by atoms with Crippen molar-refractivity contribution >= 4 is 5.97 Å². The smallest absolute Gasteiger partial charge is 0.331 e. The Kier molecular flexibility index (Phi) is 3.68. The summed E-state index contributed by atoms with van der Waals surface area (Å²) >= 11 is 0. The fourth-order valence-electron chi connectivity index (χ4n) is 2.61. The van der Waals surface area contributed by atoms with Crippen LogP contribution in [0.5, 0.6) is 0 Å². The number of nitrogens with two attached hydrogens (primary N) is 1. The van der Waals surface area contributed by atoms with Crippen molar-refractivity contribution in [3.63, 3.8) is 0 Å². The highest BCUT2D eigenvalue weighted by Gasteiger charge is 2.41. The maximum Gasteiger partial charge on any atom is 0.331 e. The zero-order valence-electron chi connectivity index (χ0n) is 12.0. The number of aryl methyl sites for hydroxylation is 1. The average molecular weight is 261 g/mol. The topological polar surface area (TPSA) is 52.3 Å². The van der Waals surface area contributed by atoms with Crippen molar-refractivity contribution in [3.8, 4) is 0 Å². The first kappa shape index (κ1) is 14.1. The van der Waals surface area contributed by atoms with Crippen LogP contribution in [0.3, 0.4) is 0 Å². The van der Waals surface area contributed by atoms with E-state index in [1.165, 1.54) is 5.56 Å². The third-order valence-electron chi connectivity index (χ3n) is 3.53. The standard InChI is InChI=1S/C16H23NO2/c1-15(2,3)19-14(18)16(17)11-7-6-9-12-8-4-5-10-13(12)16/h4-5,8,10H,6-7,9,11,17H2,1-3H3. The van der Waals surface area contributed by atoms with Crippen LogP contribution in [0.2, 0.25) is 0 Å². The molecule has 1 aliphatic rings. The van der Waals surface area contributed by atoms with E-state index in [0.717, 1.165) is 24.8 Å². The normalized spacial score (nSPS) is 23.4. The van der Waals surface area contributed by atoms with Crippen LogP contribution < -0.4 is 5.73 Å².